The highest BCUT2D eigenvalue weighted by molar-refractivity contribution is 7.09. The smallest absolute Gasteiger partial charge is 0.0926 e. The highest BCUT2D eigenvalue weighted by atomic mass is 32.1. The third-order valence-electron chi connectivity index (χ3n) is 2.37. The summed E-state index contributed by atoms with van der Waals surface area (Å²) in [7, 11) is 3.92. The molecule has 1 heterocycles. The van der Waals surface area contributed by atoms with Crippen molar-refractivity contribution in [2.45, 2.75) is 32.4 Å². The Morgan fingerprint density at radius 1 is 1.53 bits per heavy atom. The Morgan fingerprint density at radius 2 is 2.24 bits per heavy atom. The number of likely N-dealkylation sites (N-methyl/N-ethyl adjacent to an activating group) is 1. The van der Waals surface area contributed by atoms with Gasteiger partial charge in [-0.2, -0.15) is 0 Å². The van der Waals surface area contributed by atoms with Crippen LogP contribution in [0.5, 0.6) is 0 Å². The minimum Gasteiger partial charge on any atom is -0.388 e. The Bertz CT molecular complexity index is 336. The van der Waals surface area contributed by atoms with E-state index in [1.54, 1.807) is 11.3 Å². The molecular weight excluding hydrogens is 234 g/mol. The van der Waals surface area contributed by atoms with E-state index in [9.17, 15) is 5.11 Å². The molecule has 1 aromatic rings. The van der Waals surface area contributed by atoms with Crippen LogP contribution in [-0.4, -0.2) is 47.8 Å². The van der Waals surface area contributed by atoms with Gasteiger partial charge in [-0.05, 0) is 27.4 Å². The zero-order valence-electron chi connectivity index (χ0n) is 11.2. The van der Waals surface area contributed by atoms with Crippen molar-refractivity contribution in [2.75, 3.05) is 27.2 Å². The zero-order chi connectivity index (χ0) is 12.9. The molecule has 4 nitrogen and oxygen atoms in total. The number of hydrogen-bond acceptors (Lipinski definition) is 5. The predicted octanol–water partition coefficient (Wildman–Crippen LogP) is 1.11. The van der Waals surface area contributed by atoms with Crippen molar-refractivity contribution in [1.82, 2.24) is 15.2 Å². The van der Waals surface area contributed by atoms with Crippen LogP contribution in [0, 0.1) is 0 Å². The van der Waals surface area contributed by atoms with E-state index in [0.717, 1.165) is 18.7 Å². The molecule has 0 saturated carbocycles. The molecule has 0 saturated heterocycles. The van der Waals surface area contributed by atoms with Gasteiger partial charge in [0.2, 0.25) is 0 Å². The Morgan fingerprint density at radius 3 is 2.76 bits per heavy atom. The van der Waals surface area contributed by atoms with Crippen molar-refractivity contribution in [1.29, 1.82) is 0 Å². The van der Waals surface area contributed by atoms with Gasteiger partial charge in [0, 0.05) is 25.0 Å². The number of thiazole rings is 1. The molecule has 1 aromatic heterocycles. The highest BCUT2D eigenvalue weighted by Gasteiger charge is 2.20. The lowest BCUT2D eigenvalue weighted by Crippen LogP contribution is -2.45. The first kappa shape index (κ1) is 14.6. The average molecular weight is 257 g/mol. The van der Waals surface area contributed by atoms with E-state index in [1.165, 1.54) is 5.01 Å². The number of nitrogens with zero attached hydrogens (tertiary/aromatic N) is 2. The number of aromatic nitrogens is 1. The summed E-state index contributed by atoms with van der Waals surface area (Å²) in [5.74, 6) is 0. The van der Waals surface area contributed by atoms with Gasteiger partial charge in [0.15, 0.2) is 0 Å². The molecule has 0 aliphatic carbocycles. The predicted molar refractivity (Wildman–Crippen MR) is 72.4 cm³/mol. The van der Waals surface area contributed by atoms with E-state index < -0.39 is 5.60 Å². The van der Waals surface area contributed by atoms with Gasteiger partial charge in [0.05, 0.1) is 16.3 Å². The SMILES string of the molecule is CCc1nc(CNCC(C)(O)CN(C)C)cs1. The summed E-state index contributed by atoms with van der Waals surface area (Å²) in [6.07, 6.45) is 0.989. The van der Waals surface area contributed by atoms with Crippen molar-refractivity contribution in [3.8, 4) is 0 Å². The molecule has 98 valence electrons. The van der Waals surface area contributed by atoms with Crippen LogP contribution in [0.1, 0.15) is 24.5 Å². The molecule has 0 amide bonds. The van der Waals surface area contributed by atoms with Gasteiger partial charge < -0.3 is 15.3 Å². The zero-order valence-corrected chi connectivity index (χ0v) is 12.0. The van der Waals surface area contributed by atoms with Gasteiger partial charge in [-0.3, -0.25) is 0 Å². The first-order valence-corrected chi connectivity index (χ1v) is 6.82. The molecule has 0 aromatic carbocycles. The quantitative estimate of drug-likeness (QED) is 0.768. The van der Waals surface area contributed by atoms with Crippen LogP contribution in [-0.2, 0) is 13.0 Å². The molecule has 2 N–H and O–H groups in total. The molecule has 17 heavy (non-hydrogen) atoms. The molecule has 0 aliphatic rings. The van der Waals surface area contributed by atoms with Gasteiger partial charge in [-0.15, -0.1) is 11.3 Å². The van der Waals surface area contributed by atoms with E-state index in [-0.39, 0.29) is 0 Å². The van der Waals surface area contributed by atoms with Crippen LogP contribution >= 0.6 is 11.3 Å². The van der Waals surface area contributed by atoms with E-state index >= 15 is 0 Å². The highest BCUT2D eigenvalue weighted by Crippen LogP contribution is 2.10. The van der Waals surface area contributed by atoms with E-state index in [4.69, 9.17) is 0 Å². The average Bonchev–Trinajstić information content (AvgIpc) is 2.63. The Kier molecular flexibility index (Phi) is 5.52. The van der Waals surface area contributed by atoms with E-state index in [0.29, 0.717) is 13.1 Å². The van der Waals surface area contributed by atoms with E-state index in [2.05, 4.69) is 22.6 Å². The molecule has 1 unspecified atom stereocenters. The molecule has 0 fully saturated rings. The van der Waals surface area contributed by atoms with Gasteiger partial charge in [0.25, 0.3) is 0 Å². The summed E-state index contributed by atoms with van der Waals surface area (Å²) in [4.78, 5) is 6.46. The fourth-order valence-corrected chi connectivity index (χ4v) is 2.53. The molecular formula is C12H23N3OS. The summed E-state index contributed by atoms with van der Waals surface area (Å²) >= 11 is 1.70. The van der Waals surface area contributed by atoms with Crippen molar-refractivity contribution in [2.24, 2.45) is 0 Å². The summed E-state index contributed by atoms with van der Waals surface area (Å²) in [5.41, 5.74) is 0.361. The fraction of sp³-hybridized carbons (Fsp3) is 0.750. The first-order chi connectivity index (χ1) is 7.93. The standard InChI is InChI=1S/C12H23N3OS/c1-5-11-14-10(7-17-11)6-13-8-12(2,16)9-15(3)4/h7,13,16H,5-6,8-9H2,1-4H3. The Balaban J connectivity index is 2.31. The number of rotatable bonds is 7. The molecule has 5 heteroatoms. The first-order valence-electron chi connectivity index (χ1n) is 5.94. The maximum absolute atomic E-state index is 10.1. The molecule has 0 spiro atoms. The second-order valence-electron chi connectivity index (χ2n) is 4.92. The van der Waals surface area contributed by atoms with Gasteiger partial charge in [0.1, 0.15) is 0 Å². The number of hydrogen-bond donors (Lipinski definition) is 2. The summed E-state index contributed by atoms with van der Waals surface area (Å²) in [6, 6.07) is 0. The summed E-state index contributed by atoms with van der Waals surface area (Å²) < 4.78 is 0. The molecule has 0 bridgehead atoms. The second kappa shape index (κ2) is 6.44. The molecule has 1 atom stereocenters. The van der Waals surface area contributed by atoms with Crippen molar-refractivity contribution < 1.29 is 5.11 Å². The Hall–Kier alpha value is -0.490. The van der Waals surface area contributed by atoms with E-state index in [1.807, 2.05) is 25.9 Å². The lowest BCUT2D eigenvalue weighted by atomic mass is 10.1. The largest absolute Gasteiger partial charge is 0.388 e. The van der Waals surface area contributed by atoms with Crippen molar-refractivity contribution in [3.05, 3.63) is 16.1 Å². The van der Waals surface area contributed by atoms with Crippen LogP contribution in [0.3, 0.4) is 0 Å². The van der Waals surface area contributed by atoms with Crippen LogP contribution in [0.4, 0.5) is 0 Å². The monoisotopic (exact) mass is 257 g/mol. The molecule has 0 radical (unpaired) electrons. The maximum Gasteiger partial charge on any atom is 0.0926 e. The van der Waals surface area contributed by atoms with Crippen LogP contribution in [0.25, 0.3) is 0 Å². The van der Waals surface area contributed by atoms with Gasteiger partial charge >= 0.3 is 0 Å². The maximum atomic E-state index is 10.1. The molecule has 0 aliphatic heterocycles. The summed E-state index contributed by atoms with van der Waals surface area (Å²) in [6.45, 7) is 5.90. The lowest BCUT2D eigenvalue weighted by Gasteiger charge is -2.27. The Labute approximate surface area is 108 Å². The van der Waals surface area contributed by atoms with Crippen molar-refractivity contribution >= 4 is 11.3 Å². The second-order valence-corrected chi connectivity index (χ2v) is 5.87. The number of aryl methyl sites for hydroxylation is 1. The fourth-order valence-electron chi connectivity index (χ4n) is 1.79. The topological polar surface area (TPSA) is 48.4 Å². The van der Waals surface area contributed by atoms with Gasteiger partial charge in [-0.1, -0.05) is 6.92 Å². The number of aliphatic hydroxyl groups is 1. The summed E-state index contributed by atoms with van der Waals surface area (Å²) in [5, 5.41) is 16.6. The molecule has 1 rings (SSSR count). The van der Waals surface area contributed by atoms with Crippen LogP contribution in [0.15, 0.2) is 5.38 Å². The van der Waals surface area contributed by atoms with Crippen LogP contribution in [0.2, 0.25) is 0 Å². The van der Waals surface area contributed by atoms with Gasteiger partial charge in [-0.25, -0.2) is 4.98 Å². The van der Waals surface area contributed by atoms with Crippen molar-refractivity contribution in [3.63, 3.8) is 0 Å². The normalized spacial score (nSPS) is 15.2. The third-order valence-corrected chi connectivity index (χ3v) is 3.41. The lowest BCUT2D eigenvalue weighted by molar-refractivity contribution is 0.0335. The minimum atomic E-state index is -0.701. The van der Waals surface area contributed by atoms with Crippen LogP contribution < -0.4 is 5.32 Å². The minimum absolute atomic E-state index is 0.574. The number of nitrogens with one attached hydrogen (secondary N) is 1. The third kappa shape index (κ3) is 5.59.